The van der Waals surface area contributed by atoms with Crippen LogP contribution < -0.4 is 0 Å². The van der Waals surface area contributed by atoms with E-state index in [0.717, 1.165) is 47.7 Å². The minimum atomic E-state index is -0.238. The number of pyridine rings is 1. The summed E-state index contributed by atoms with van der Waals surface area (Å²) >= 11 is 0. The van der Waals surface area contributed by atoms with E-state index in [1.54, 1.807) is 0 Å². The number of para-hydroxylation sites is 1. The molecule has 5 aromatic rings. The monoisotopic (exact) mass is 408 g/mol. The maximum atomic E-state index is 13.6. The van der Waals surface area contributed by atoms with Gasteiger partial charge in [0, 0.05) is 48.2 Å². The number of rotatable bonds is 4. The van der Waals surface area contributed by atoms with Crippen molar-refractivity contribution in [1.29, 1.82) is 0 Å². The molecule has 0 saturated heterocycles. The maximum Gasteiger partial charge on any atom is 0.123 e. The van der Waals surface area contributed by atoms with Crippen molar-refractivity contribution in [3.05, 3.63) is 97.0 Å². The standard InChI is InChI=1S/C26H21FN4/c27-21-7-5-19(6-8-21)25-26(20-11-14-28-15-12-20)31-22(9-10-24(31)29-25)17-30-16-13-18-3-1-2-4-23(18)30/h1-8,11-16,22H,9-10,17H2/t22-/m0/s1. The molecule has 1 atom stereocenters. The Morgan fingerprint density at radius 1 is 0.903 bits per heavy atom. The summed E-state index contributed by atoms with van der Waals surface area (Å²) in [5.41, 5.74) is 5.25. The van der Waals surface area contributed by atoms with Gasteiger partial charge in [-0.25, -0.2) is 9.37 Å². The Hall–Kier alpha value is -3.73. The molecule has 0 amide bonds. The highest BCUT2D eigenvalue weighted by atomic mass is 19.1. The second-order valence-corrected chi connectivity index (χ2v) is 8.06. The molecule has 3 aromatic heterocycles. The summed E-state index contributed by atoms with van der Waals surface area (Å²) in [5.74, 6) is 0.853. The van der Waals surface area contributed by atoms with Gasteiger partial charge in [0.2, 0.25) is 0 Å². The normalized spacial score (nSPS) is 15.5. The molecule has 152 valence electrons. The molecule has 0 N–H and O–H groups in total. The molecule has 0 aliphatic carbocycles. The van der Waals surface area contributed by atoms with E-state index in [4.69, 9.17) is 4.98 Å². The van der Waals surface area contributed by atoms with Crippen LogP contribution in [0.4, 0.5) is 4.39 Å². The fourth-order valence-electron chi connectivity index (χ4n) is 4.77. The molecule has 0 fully saturated rings. The largest absolute Gasteiger partial charge is 0.345 e. The van der Waals surface area contributed by atoms with Gasteiger partial charge in [-0.05, 0) is 60.3 Å². The number of aromatic nitrogens is 4. The summed E-state index contributed by atoms with van der Waals surface area (Å²) in [6.45, 7) is 0.887. The van der Waals surface area contributed by atoms with Crippen molar-refractivity contribution in [2.75, 3.05) is 0 Å². The van der Waals surface area contributed by atoms with Crippen LogP contribution in [-0.2, 0) is 13.0 Å². The first kappa shape index (κ1) is 18.1. The number of benzene rings is 2. The predicted molar refractivity (Wildman–Crippen MR) is 120 cm³/mol. The summed E-state index contributed by atoms with van der Waals surface area (Å²) in [7, 11) is 0. The van der Waals surface area contributed by atoms with E-state index in [2.05, 4.69) is 50.6 Å². The third kappa shape index (κ3) is 3.05. The molecule has 6 rings (SSSR count). The molecule has 0 radical (unpaired) electrons. The molecule has 1 aliphatic rings. The second-order valence-electron chi connectivity index (χ2n) is 8.06. The number of hydrogen-bond acceptors (Lipinski definition) is 2. The third-order valence-electron chi connectivity index (χ3n) is 6.21. The number of aryl methyl sites for hydroxylation is 1. The highest BCUT2D eigenvalue weighted by Gasteiger charge is 2.30. The van der Waals surface area contributed by atoms with Crippen LogP contribution in [0.25, 0.3) is 33.4 Å². The van der Waals surface area contributed by atoms with E-state index in [0.29, 0.717) is 6.04 Å². The van der Waals surface area contributed by atoms with E-state index in [-0.39, 0.29) is 5.82 Å². The topological polar surface area (TPSA) is 35.6 Å². The maximum absolute atomic E-state index is 13.6. The summed E-state index contributed by atoms with van der Waals surface area (Å²) in [5, 5.41) is 1.26. The van der Waals surface area contributed by atoms with Crippen molar-refractivity contribution in [3.63, 3.8) is 0 Å². The van der Waals surface area contributed by atoms with Gasteiger partial charge in [0.1, 0.15) is 11.6 Å². The van der Waals surface area contributed by atoms with Crippen LogP contribution in [0.2, 0.25) is 0 Å². The number of halogens is 1. The van der Waals surface area contributed by atoms with Gasteiger partial charge < -0.3 is 9.13 Å². The summed E-state index contributed by atoms with van der Waals surface area (Å²) in [6, 6.07) is 21.6. The zero-order valence-electron chi connectivity index (χ0n) is 16.9. The average Bonchev–Trinajstić information content (AvgIpc) is 3.50. The quantitative estimate of drug-likeness (QED) is 0.371. The van der Waals surface area contributed by atoms with Gasteiger partial charge in [0.05, 0.1) is 17.4 Å². The van der Waals surface area contributed by atoms with Crippen molar-refractivity contribution in [1.82, 2.24) is 19.1 Å². The van der Waals surface area contributed by atoms with Crippen LogP contribution >= 0.6 is 0 Å². The number of hydrogen-bond donors (Lipinski definition) is 0. The van der Waals surface area contributed by atoms with Crippen LogP contribution in [0.5, 0.6) is 0 Å². The van der Waals surface area contributed by atoms with Crippen molar-refractivity contribution >= 4 is 10.9 Å². The summed E-state index contributed by atoms with van der Waals surface area (Å²) < 4.78 is 18.3. The van der Waals surface area contributed by atoms with Crippen LogP contribution in [0.3, 0.4) is 0 Å². The molecule has 0 spiro atoms. The molecule has 4 nitrogen and oxygen atoms in total. The van der Waals surface area contributed by atoms with Gasteiger partial charge in [-0.3, -0.25) is 4.98 Å². The van der Waals surface area contributed by atoms with Crippen LogP contribution in [0.1, 0.15) is 18.3 Å². The Balaban J connectivity index is 1.48. The third-order valence-corrected chi connectivity index (χ3v) is 6.21. The minimum Gasteiger partial charge on any atom is -0.345 e. The molecule has 5 heteroatoms. The highest BCUT2D eigenvalue weighted by Crippen LogP contribution is 2.40. The molecule has 31 heavy (non-hydrogen) atoms. The van der Waals surface area contributed by atoms with Crippen molar-refractivity contribution < 1.29 is 4.39 Å². The molecular weight excluding hydrogens is 387 g/mol. The van der Waals surface area contributed by atoms with Crippen molar-refractivity contribution in [2.24, 2.45) is 0 Å². The van der Waals surface area contributed by atoms with E-state index in [1.165, 1.54) is 23.0 Å². The van der Waals surface area contributed by atoms with E-state index >= 15 is 0 Å². The van der Waals surface area contributed by atoms with Crippen LogP contribution in [0.15, 0.2) is 85.3 Å². The van der Waals surface area contributed by atoms with Crippen molar-refractivity contribution in [2.45, 2.75) is 25.4 Å². The zero-order valence-corrected chi connectivity index (χ0v) is 16.9. The fourth-order valence-corrected chi connectivity index (χ4v) is 4.77. The van der Waals surface area contributed by atoms with E-state index < -0.39 is 0 Å². The lowest BCUT2D eigenvalue weighted by Crippen LogP contribution is -2.13. The minimum absolute atomic E-state index is 0.238. The lowest BCUT2D eigenvalue weighted by Gasteiger charge is -2.19. The first-order valence-corrected chi connectivity index (χ1v) is 10.6. The first-order chi connectivity index (χ1) is 15.3. The summed E-state index contributed by atoms with van der Waals surface area (Å²) in [6.07, 6.45) is 7.78. The van der Waals surface area contributed by atoms with Gasteiger partial charge in [0.15, 0.2) is 0 Å². The Bertz CT molecular complexity index is 1370. The molecule has 2 aromatic carbocycles. The molecule has 0 saturated carbocycles. The van der Waals surface area contributed by atoms with Gasteiger partial charge in [-0.2, -0.15) is 0 Å². The van der Waals surface area contributed by atoms with Crippen molar-refractivity contribution in [3.8, 4) is 22.5 Å². The van der Waals surface area contributed by atoms with E-state index in [1.807, 2.05) is 36.7 Å². The van der Waals surface area contributed by atoms with E-state index in [9.17, 15) is 4.39 Å². The van der Waals surface area contributed by atoms with Gasteiger partial charge in [0.25, 0.3) is 0 Å². The SMILES string of the molecule is Fc1ccc(-c2nc3n(c2-c2ccncc2)[C@H](Cn2ccc4ccccc42)CC3)cc1. The average molecular weight is 408 g/mol. The Morgan fingerprint density at radius 2 is 1.71 bits per heavy atom. The fraction of sp³-hybridized carbons (Fsp3) is 0.154. The molecule has 1 aliphatic heterocycles. The Labute approximate surface area is 179 Å². The molecule has 4 heterocycles. The predicted octanol–water partition coefficient (Wildman–Crippen LogP) is 5.89. The number of nitrogens with zero attached hydrogens (tertiary/aromatic N) is 4. The lowest BCUT2D eigenvalue weighted by molar-refractivity contribution is 0.459. The molecular formula is C26H21FN4. The van der Waals surface area contributed by atoms with Gasteiger partial charge in [-0.15, -0.1) is 0 Å². The zero-order chi connectivity index (χ0) is 20.8. The smallest absolute Gasteiger partial charge is 0.123 e. The lowest BCUT2D eigenvalue weighted by atomic mass is 10.0. The van der Waals surface area contributed by atoms with Gasteiger partial charge in [-0.1, -0.05) is 18.2 Å². The first-order valence-electron chi connectivity index (χ1n) is 10.6. The molecule has 0 bridgehead atoms. The number of imidazole rings is 1. The second kappa shape index (κ2) is 7.20. The van der Waals surface area contributed by atoms with Crippen LogP contribution in [-0.4, -0.2) is 19.1 Å². The Morgan fingerprint density at radius 3 is 2.55 bits per heavy atom. The summed E-state index contributed by atoms with van der Waals surface area (Å²) in [4.78, 5) is 9.21. The Kier molecular flexibility index (Phi) is 4.20. The number of fused-ring (bicyclic) bond motifs is 2. The molecule has 0 unspecified atom stereocenters. The van der Waals surface area contributed by atoms with Crippen LogP contribution in [0, 0.1) is 5.82 Å². The highest BCUT2D eigenvalue weighted by molar-refractivity contribution is 5.80. The van der Waals surface area contributed by atoms with Gasteiger partial charge >= 0.3 is 0 Å².